The number of aromatic nitrogens is 2. The molecule has 4 rings (SSSR count). The highest BCUT2D eigenvalue weighted by molar-refractivity contribution is 5.77. The van der Waals surface area contributed by atoms with Crippen LogP contribution in [0.15, 0.2) is 47.1 Å². The number of rotatable bonds is 3. The molecule has 3 aromatic rings. The first-order chi connectivity index (χ1) is 11.5. The molecule has 0 spiro atoms. The lowest BCUT2D eigenvalue weighted by Crippen LogP contribution is -2.52. The molecule has 6 nitrogen and oxygen atoms in total. The second kappa shape index (κ2) is 5.58. The van der Waals surface area contributed by atoms with E-state index in [1.54, 1.807) is 0 Å². The van der Waals surface area contributed by atoms with Crippen molar-refractivity contribution in [2.24, 2.45) is 0 Å². The van der Waals surface area contributed by atoms with Crippen LogP contribution < -0.4 is 10.1 Å². The topological polar surface area (TPSA) is 80.4 Å². The number of aliphatic hydroxyl groups is 1. The number of nitrogens with zero attached hydrogens (tertiary/aromatic N) is 2. The van der Waals surface area contributed by atoms with Crippen LogP contribution in [0.2, 0.25) is 0 Å². The molecule has 124 valence electrons. The molecule has 0 amide bonds. The van der Waals surface area contributed by atoms with Gasteiger partial charge in [-0.1, -0.05) is 30.3 Å². The third-order valence-electron chi connectivity index (χ3n) is 4.49. The zero-order valence-electron chi connectivity index (χ0n) is 13.6. The van der Waals surface area contributed by atoms with Crippen LogP contribution in [0.4, 0.5) is 0 Å². The van der Waals surface area contributed by atoms with E-state index in [0.717, 1.165) is 11.1 Å². The third kappa shape index (κ3) is 2.53. The molecule has 0 aliphatic carbocycles. The minimum absolute atomic E-state index is 0.273. The van der Waals surface area contributed by atoms with Gasteiger partial charge in [-0.3, -0.25) is 0 Å². The maximum atomic E-state index is 10.8. The smallest absolute Gasteiger partial charge is 0.138 e. The molecule has 2 N–H and O–H groups in total. The van der Waals surface area contributed by atoms with Gasteiger partial charge in [0.15, 0.2) is 0 Å². The Labute approximate surface area is 139 Å². The molecule has 0 radical (unpaired) electrons. The number of benzene rings is 2. The molecule has 2 heterocycles. The molecule has 2 unspecified atom stereocenters. The maximum Gasteiger partial charge on any atom is 0.138 e. The van der Waals surface area contributed by atoms with Crippen LogP contribution in [0.25, 0.3) is 11.0 Å². The van der Waals surface area contributed by atoms with Gasteiger partial charge in [0.2, 0.25) is 0 Å². The Morgan fingerprint density at radius 1 is 1.12 bits per heavy atom. The van der Waals surface area contributed by atoms with Gasteiger partial charge in [0.25, 0.3) is 0 Å². The summed E-state index contributed by atoms with van der Waals surface area (Å²) in [6, 6.07) is 13.5. The lowest BCUT2D eigenvalue weighted by molar-refractivity contribution is -0.0647. The fourth-order valence-electron chi connectivity index (χ4n) is 3.12. The minimum Gasteiger partial charge on any atom is -0.485 e. The first-order valence-electron chi connectivity index (χ1n) is 7.95. The van der Waals surface area contributed by atoms with Crippen molar-refractivity contribution >= 4 is 11.0 Å². The van der Waals surface area contributed by atoms with E-state index in [-0.39, 0.29) is 6.04 Å². The second-order valence-corrected chi connectivity index (χ2v) is 6.64. The molecular weight excluding hydrogens is 306 g/mol. The van der Waals surface area contributed by atoms with E-state index in [0.29, 0.717) is 23.3 Å². The van der Waals surface area contributed by atoms with E-state index in [1.165, 1.54) is 0 Å². The van der Waals surface area contributed by atoms with Gasteiger partial charge in [0.1, 0.15) is 28.5 Å². The molecule has 0 bridgehead atoms. The first-order valence-corrected chi connectivity index (χ1v) is 7.95. The maximum absolute atomic E-state index is 10.8. The Morgan fingerprint density at radius 2 is 1.83 bits per heavy atom. The first kappa shape index (κ1) is 15.1. The fourth-order valence-corrected chi connectivity index (χ4v) is 3.12. The summed E-state index contributed by atoms with van der Waals surface area (Å²) < 4.78 is 10.8. The summed E-state index contributed by atoms with van der Waals surface area (Å²) in [5.41, 5.74) is 2.59. The molecule has 1 aliphatic rings. The standard InChI is InChI=1S/C18H19N3O3/c1-18(2)17(22)16(19-10-11-6-4-3-5-7-11)12-8-13-14(21-24-20-13)9-15(12)23-18/h3-9,16-17,19,22H,10H2,1-2H3. The Hall–Kier alpha value is -2.44. The van der Waals surface area contributed by atoms with Crippen LogP contribution in [0, 0.1) is 0 Å². The van der Waals surface area contributed by atoms with E-state index in [1.807, 2.05) is 44.2 Å². The van der Waals surface area contributed by atoms with Crippen molar-refractivity contribution in [3.05, 3.63) is 53.6 Å². The largest absolute Gasteiger partial charge is 0.485 e. The van der Waals surface area contributed by atoms with Crippen LogP contribution in [-0.2, 0) is 6.54 Å². The average Bonchev–Trinajstić information content (AvgIpc) is 3.01. The number of aliphatic hydroxyl groups excluding tert-OH is 1. The van der Waals surface area contributed by atoms with Crippen molar-refractivity contribution < 1.29 is 14.5 Å². The Balaban J connectivity index is 1.71. The number of fused-ring (bicyclic) bond motifs is 2. The quantitative estimate of drug-likeness (QED) is 0.770. The highest BCUT2D eigenvalue weighted by Crippen LogP contribution is 2.41. The summed E-state index contributed by atoms with van der Waals surface area (Å²) in [5.74, 6) is 0.694. The molecule has 1 aromatic heterocycles. The van der Waals surface area contributed by atoms with E-state index >= 15 is 0 Å². The SMILES string of the molecule is CC1(C)Oc2cc3nonc3cc2C(NCc2ccccc2)C1O. The molecule has 24 heavy (non-hydrogen) atoms. The van der Waals surface area contributed by atoms with Gasteiger partial charge in [0, 0.05) is 18.2 Å². The molecular formula is C18H19N3O3. The van der Waals surface area contributed by atoms with Gasteiger partial charge >= 0.3 is 0 Å². The average molecular weight is 325 g/mol. The van der Waals surface area contributed by atoms with Crippen molar-refractivity contribution in [2.45, 2.75) is 38.1 Å². The van der Waals surface area contributed by atoms with Crippen molar-refractivity contribution in [3.8, 4) is 5.75 Å². The number of hydrogen-bond donors (Lipinski definition) is 2. The fraction of sp³-hybridized carbons (Fsp3) is 0.333. The number of ether oxygens (including phenoxy) is 1. The lowest BCUT2D eigenvalue weighted by atomic mass is 9.86. The molecule has 2 aromatic carbocycles. The van der Waals surface area contributed by atoms with Crippen LogP contribution >= 0.6 is 0 Å². The van der Waals surface area contributed by atoms with Crippen molar-refractivity contribution in [1.29, 1.82) is 0 Å². The van der Waals surface area contributed by atoms with Crippen LogP contribution in [0.5, 0.6) is 5.75 Å². The molecule has 0 saturated heterocycles. The predicted octanol–water partition coefficient (Wildman–Crippen LogP) is 2.59. The van der Waals surface area contributed by atoms with Gasteiger partial charge in [-0.25, -0.2) is 4.63 Å². The Morgan fingerprint density at radius 3 is 2.58 bits per heavy atom. The van der Waals surface area contributed by atoms with E-state index in [2.05, 4.69) is 27.8 Å². The Kier molecular flexibility index (Phi) is 3.51. The lowest BCUT2D eigenvalue weighted by Gasteiger charge is -2.42. The van der Waals surface area contributed by atoms with Crippen LogP contribution in [0.3, 0.4) is 0 Å². The highest BCUT2D eigenvalue weighted by Gasteiger charge is 2.43. The third-order valence-corrected chi connectivity index (χ3v) is 4.49. The second-order valence-electron chi connectivity index (χ2n) is 6.64. The zero-order chi connectivity index (χ0) is 16.7. The predicted molar refractivity (Wildman–Crippen MR) is 88.5 cm³/mol. The molecule has 0 fully saturated rings. The van der Waals surface area contributed by atoms with Gasteiger partial charge in [-0.05, 0) is 35.8 Å². The van der Waals surface area contributed by atoms with Crippen LogP contribution in [0.1, 0.15) is 31.0 Å². The molecule has 1 aliphatic heterocycles. The number of nitrogens with one attached hydrogen (secondary N) is 1. The molecule has 0 saturated carbocycles. The summed E-state index contributed by atoms with van der Waals surface area (Å²) >= 11 is 0. The summed E-state index contributed by atoms with van der Waals surface area (Å²) in [5, 5.41) is 22.0. The van der Waals surface area contributed by atoms with Gasteiger partial charge in [-0.15, -0.1) is 0 Å². The van der Waals surface area contributed by atoms with E-state index < -0.39 is 11.7 Å². The van der Waals surface area contributed by atoms with Gasteiger partial charge in [-0.2, -0.15) is 0 Å². The minimum atomic E-state index is -0.716. The Bertz CT molecular complexity index is 860. The number of hydrogen-bond acceptors (Lipinski definition) is 6. The summed E-state index contributed by atoms with van der Waals surface area (Å²) in [7, 11) is 0. The summed E-state index contributed by atoms with van der Waals surface area (Å²) in [6.07, 6.45) is -0.703. The van der Waals surface area contributed by atoms with E-state index in [9.17, 15) is 5.11 Å². The summed E-state index contributed by atoms with van der Waals surface area (Å²) in [4.78, 5) is 0. The summed E-state index contributed by atoms with van der Waals surface area (Å²) in [6.45, 7) is 4.40. The molecule has 2 atom stereocenters. The normalized spacial score (nSPS) is 22.1. The highest BCUT2D eigenvalue weighted by atomic mass is 16.6. The van der Waals surface area contributed by atoms with Crippen molar-refractivity contribution in [3.63, 3.8) is 0 Å². The van der Waals surface area contributed by atoms with Gasteiger partial charge in [0.05, 0.1) is 6.04 Å². The van der Waals surface area contributed by atoms with Crippen molar-refractivity contribution in [2.75, 3.05) is 0 Å². The molecule has 6 heteroatoms. The van der Waals surface area contributed by atoms with E-state index in [4.69, 9.17) is 9.37 Å². The van der Waals surface area contributed by atoms with Gasteiger partial charge < -0.3 is 15.2 Å². The van der Waals surface area contributed by atoms with Crippen molar-refractivity contribution in [1.82, 2.24) is 15.6 Å². The monoisotopic (exact) mass is 325 g/mol. The zero-order valence-corrected chi connectivity index (χ0v) is 13.6. The van der Waals surface area contributed by atoms with Crippen LogP contribution in [-0.4, -0.2) is 27.1 Å².